The average molecular weight is 283 g/mol. The quantitative estimate of drug-likeness (QED) is 0.624. The highest BCUT2D eigenvalue weighted by Crippen LogP contribution is 2.30. The largest absolute Gasteiger partial charge is 0.467 e. The van der Waals surface area contributed by atoms with Crippen LogP contribution in [0.2, 0.25) is 0 Å². The van der Waals surface area contributed by atoms with E-state index in [1.165, 1.54) is 14.0 Å². The van der Waals surface area contributed by atoms with E-state index in [1.54, 1.807) is 24.3 Å². The van der Waals surface area contributed by atoms with Crippen LogP contribution >= 0.6 is 0 Å². The summed E-state index contributed by atoms with van der Waals surface area (Å²) in [6, 6.07) is 9.59. The first-order chi connectivity index (χ1) is 10.1. The maximum Gasteiger partial charge on any atom is 0.328 e. The van der Waals surface area contributed by atoms with E-state index in [4.69, 9.17) is 0 Å². The minimum Gasteiger partial charge on any atom is -0.467 e. The second-order valence-corrected chi connectivity index (χ2v) is 4.89. The molecule has 0 radical (unpaired) electrons. The van der Waals surface area contributed by atoms with Crippen molar-refractivity contribution >= 4 is 28.6 Å². The third kappa shape index (κ3) is 1.81. The molecule has 0 N–H and O–H groups in total. The predicted molar refractivity (Wildman–Crippen MR) is 75.9 cm³/mol. The van der Waals surface area contributed by atoms with Crippen LogP contribution in [0.5, 0.6) is 0 Å². The average Bonchev–Trinajstić information content (AvgIpc) is 2.51. The van der Waals surface area contributed by atoms with Gasteiger partial charge < -0.3 is 4.74 Å². The van der Waals surface area contributed by atoms with Gasteiger partial charge in [0.25, 0.3) is 11.8 Å². The van der Waals surface area contributed by atoms with Crippen LogP contribution in [0.3, 0.4) is 0 Å². The Morgan fingerprint density at radius 1 is 1.05 bits per heavy atom. The van der Waals surface area contributed by atoms with Crippen LogP contribution in [-0.2, 0) is 9.53 Å². The van der Waals surface area contributed by atoms with Gasteiger partial charge in [-0.25, -0.2) is 4.79 Å². The van der Waals surface area contributed by atoms with E-state index in [1.807, 2.05) is 12.1 Å². The van der Waals surface area contributed by atoms with Gasteiger partial charge in [0, 0.05) is 16.5 Å². The van der Waals surface area contributed by atoms with Crippen LogP contribution < -0.4 is 0 Å². The number of hydrogen-bond donors (Lipinski definition) is 0. The van der Waals surface area contributed by atoms with Crippen molar-refractivity contribution in [3.63, 3.8) is 0 Å². The fourth-order valence-electron chi connectivity index (χ4n) is 2.68. The Kier molecular flexibility index (Phi) is 2.97. The zero-order valence-corrected chi connectivity index (χ0v) is 11.6. The summed E-state index contributed by atoms with van der Waals surface area (Å²) in [5.74, 6) is -1.56. The molecule has 1 aliphatic heterocycles. The van der Waals surface area contributed by atoms with Crippen molar-refractivity contribution < 1.29 is 19.1 Å². The Morgan fingerprint density at radius 3 is 2.05 bits per heavy atom. The van der Waals surface area contributed by atoms with Crippen molar-refractivity contribution in [1.29, 1.82) is 0 Å². The summed E-state index contributed by atoms with van der Waals surface area (Å²) in [5, 5.41) is 1.47. The summed E-state index contributed by atoms with van der Waals surface area (Å²) in [7, 11) is 1.23. The smallest absolute Gasteiger partial charge is 0.328 e. The molecule has 2 amide bonds. The Morgan fingerprint density at radius 2 is 1.57 bits per heavy atom. The van der Waals surface area contributed by atoms with Crippen LogP contribution in [0.25, 0.3) is 10.8 Å². The predicted octanol–water partition coefficient (Wildman–Crippen LogP) is 2.00. The molecule has 0 saturated carbocycles. The number of esters is 1. The van der Waals surface area contributed by atoms with E-state index in [0.29, 0.717) is 16.5 Å². The summed E-state index contributed by atoms with van der Waals surface area (Å²) in [6.45, 7) is 1.48. The van der Waals surface area contributed by atoms with Crippen LogP contribution in [0, 0.1) is 0 Å². The number of benzene rings is 2. The number of nitrogens with zero attached hydrogens (tertiary/aromatic N) is 1. The molecule has 21 heavy (non-hydrogen) atoms. The molecule has 2 aromatic rings. The van der Waals surface area contributed by atoms with E-state index >= 15 is 0 Å². The Bertz CT molecular complexity index is 730. The highest BCUT2D eigenvalue weighted by molar-refractivity contribution is 6.26. The van der Waals surface area contributed by atoms with Crippen LogP contribution in [0.4, 0.5) is 0 Å². The lowest BCUT2D eigenvalue weighted by Gasteiger charge is -2.30. The van der Waals surface area contributed by atoms with Gasteiger partial charge >= 0.3 is 5.97 Å². The van der Waals surface area contributed by atoms with Crippen molar-refractivity contribution in [1.82, 2.24) is 4.90 Å². The zero-order chi connectivity index (χ0) is 15.1. The standard InChI is InChI=1S/C16H13NO4/c1-9(16(20)21-2)17-14(18)11-7-3-5-10-6-4-8-12(13(10)11)15(17)19/h3-9H,1-2H3/t9-/m0/s1. The topological polar surface area (TPSA) is 63.7 Å². The van der Waals surface area contributed by atoms with Crippen molar-refractivity contribution in [2.24, 2.45) is 0 Å². The second-order valence-electron chi connectivity index (χ2n) is 4.89. The van der Waals surface area contributed by atoms with E-state index in [0.717, 1.165) is 10.3 Å². The molecule has 0 spiro atoms. The number of hydrogen-bond acceptors (Lipinski definition) is 4. The molecular formula is C16H13NO4. The highest BCUT2D eigenvalue weighted by Gasteiger charge is 2.38. The summed E-state index contributed by atoms with van der Waals surface area (Å²) >= 11 is 0. The molecule has 5 nitrogen and oxygen atoms in total. The van der Waals surface area contributed by atoms with Crippen molar-refractivity contribution in [3.05, 3.63) is 47.5 Å². The third-order valence-electron chi connectivity index (χ3n) is 3.73. The lowest BCUT2D eigenvalue weighted by molar-refractivity contribution is -0.144. The molecule has 1 atom stereocenters. The van der Waals surface area contributed by atoms with Crippen LogP contribution in [0.15, 0.2) is 36.4 Å². The maximum absolute atomic E-state index is 12.6. The minimum absolute atomic E-state index is 0.429. The molecule has 3 rings (SSSR count). The van der Waals surface area contributed by atoms with Crippen molar-refractivity contribution in [2.45, 2.75) is 13.0 Å². The molecule has 0 saturated heterocycles. The van der Waals surface area contributed by atoms with E-state index in [9.17, 15) is 14.4 Å². The number of methoxy groups -OCH3 is 1. The fraction of sp³-hybridized carbons (Fsp3) is 0.188. The SMILES string of the molecule is COC(=O)[C@H](C)N1C(=O)c2cccc3cccc(c23)C1=O. The first kappa shape index (κ1) is 13.3. The number of carbonyl (C=O) groups is 3. The molecule has 0 aromatic heterocycles. The van der Waals surface area contributed by atoms with Gasteiger partial charge in [-0.05, 0) is 24.4 Å². The maximum atomic E-state index is 12.6. The number of amides is 2. The van der Waals surface area contributed by atoms with Gasteiger partial charge in [0.05, 0.1) is 7.11 Å². The van der Waals surface area contributed by atoms with Gasteiger partial charge in [-0.1, -0.05) is 24.3 Å². The Hall–Kier alpha value is -2.69. The molecular weight excluding hydrogens is 270 g/mol. The van der Waals surface area contributed by atoms with Gasteiger partial charge in [-0.15, -0.1) is 0 Å². The molecule has 0 aliphatic carbocycles. The summed E-state index contributed by atoms with van der Waals surface area (Å²) in [4.78, 5) is 37.8. The van der Waals surface area contributed by atoms with E-state index in [-0.39, 0.29) is 0 Å². The second kappa shape index (κ2) is 4.70. The van der Waals surface area contributed by atoms with E-state index in [2.05, 4.69) is 4.74 Å². The lowest BCUT2D eigenvalue weighted by atomic mass is 9.93. The summed E-state index contributed by atoms with van der Waals surface area (Å²) in [5.41, 5.74) is 0.858. The molecule has 0 fully saturated rings. The third-order valence-corrected chi connectivity index (χ3v) is 3.73. The Balaban J connectivity index is 2.22. The molecule has 106 valence electrons. The van der Waals surface area contributed by atoms with Crippen LogP contribution in [0.1, 0.15) is 27.6 Å². The molecule has 1 heterocycles. The molecule has 0 unspecified atom stereocenters. The highest BCUT2D eigenvalue weighted by atomic mass is 16.5. The summed E-state index contributed by atoms with van der Waals surface area (Å²) < 4.78 is 4.64. The minimum atomic E-state index is -0.960. The van der Waals surface area contributed by atoms with Gasteiger partial charge in [0.15, 0.2) is 0 Å². The molecule has 1 aliphatic rings. The first-order valence-electron chi connectivity index (χ1n) is 6.53. The molecule has 2 aromatic carbocycles. The fourth-order valence-corrected chi connectivity index (χ4v) is 2.68. The number of imide groups is 1. The van der Waals surface area contributed by atoms with Crippen LogP contribution in [-0.4, -0.2) is 35.8 Å². The van der Waals surface area contributed by atoms with Gasteiger partial charge in [-0.2, -0.15) is 0 Å². The summed E-state index contributed by atoms with van der Waals surface area (Å²) in [6.07, 6.45) is 0. The van der Waals surface area contributed by atoms with Crippen molar-refractivity contribution in [2.75, 3.05) is 7.11 Å². The first-order valence-corrected chi connectivity index (χ1v) is 6.53. The van der Waals surface area contributed by atoms with Crippen molar-refractivity contribution in [3.8, 4) is 0 Å². The van der Waals surface area contributed by atoms with Gasteiger partial charge in [0.1, 0.15) is 6.04 Å². The van der Waals surface area contributed by atoms with Gasteiger partial charge in [0.2, 0.25) is 0 Å². The number of rotatable bonds is 2. The Labute approximate surface area is 121 Å². The molecule has 5 heteroatoms. The zero-order valence-electron chi connectivity index (χ0n) is 11.6. The lowest BCUT2D eigenvalue weighted by Crippen LogP contribution is -2.49. The number of carbonyl (C=O) groups excluding carboxylic acids is 3. The normalized spacial score (nSPS) is 15.2. The number of ether oxygens (including phenoxy) is 1. The van der Waals surface area contributed by atoms with E-state index < -0.39 is 23.8 Å². The van der Waals surface area contributed by atoms with Gasteiger partial charge in [-0.3, -0.25) is 14.5 Å². The monoisotopic (exact) mass is 283 g/mol. The molecule has 0 bridgehead atoms.